The molecule has 4 aromatic carbocycles. The zero-order chi connectivity index (χ0) is 25.7. The Morgan fingerprint density at radius 3 is 1.22 bits per heavy atom. The highest BCUT2D eigenvalue weighted by atomic mass is 14.7. The molecule has 0 heterocycles. The van der Waals surface area contributed by atoms with Gasteiger partial charge >= 0.3 is 0 Å². The molecule has 0 aromatic heterocycles. The molecule has 0 amide bonds. The summed E-state index contributed by atoms with van der Waals surface area (Å²) in [6.45, 7) is 0. The topological polar surface area (TPSA) is 72.3 Å². The van der Waals surface area contributed by atoms with Crippen molar-refractivity contribution < 1.29 is 0 Å². The van der Waals surface area contributed by atoms with E-state index >= 15 is 0 Å². The van der Waals surface area contributed by atoms with Crippen LogP contribution in [0.15, 0.2) is 107 Å². The van der Waals surface area contributed by atoms with E-state index in [4.69, 9.17) is 10.5 Å². The average Bonchev–Trinajstić information content (AvgIpc) is 2.96. The third-order valence-corrected chi connectivity index (χ3v) is 6.11. The van der Waals surface area contributed by atoms with Crippen molar-refractivity contribution >= 4 is 23.8 Å². The molecule has 180 valence electrons. The Bertz CT molecular complexity index is 1300. The van der Waals surface area contributed by atoms with Gasteiger partial charge in [0.05, 0.1) is 34.6 Å². The fourth-order valence-corrected chi connectivity index (χ4v) is 3.92. The number of nitrogens with zero attached hydrogens (tertiary/aromatic N) is 4. The van der Waals surface area contributed by atoms with Gasteiger partial charge in [0.25, 0.3) is 0 Å². The lowest BCUT2D eigenvalue weighted by Crippen LogP contribution is -1.89. The summed E-state index contributed by atoms with van der Waals surface area (Å²) >= 11 is 0. The zero-order valence-corrected chi connectivity index (χ0v) is 20.7. The van der Waals surface area contributed by atoms with Crippen molar-refractivity contribution in [3.05, 3.63) is 130 Å². The van der Waals surface area contributed by atoms with Crippen molar-refractivity contribution in [3.8, 4) is 12.1 Å². The maximum absolute atomic E-state index is 8.88. The molecule has 0 saturated carbocycles. The normalized spacial score (nSPS) is 11.0. The number of hydrogen-bond donors (Lipinski definition) is 0. The van der Waals surface area contributed by atoms with Gasteiger partial charge in [-0.15, -0.1) is 0 Å². The van der Waals surface area contributed by atoms with E-state index in [-0.39, 0.29) is 0 Å². The molecular formula is C33H28N4. The largest absolute Gasteiger partial charge is 0.256 e. The predicted molar refractivity (Wildman–Crippen MR) is 151 cm³/mol. The highest BCUT2D eigenvalue weighted by molar-refractivity contribution is 5.82. The van der Waals surface area contributed by atoms with Crippen LogP contribution in [-0.4, -0.2) is 12.4 Å². The lowest BCUT2D eigenvalue weighted by Gasteiger charge is -2.04. The first-order chi connectivity index (χ1) is 18.2. The van der Waals surface area contributed by atoms with Crippen LogP contribution in [0.4, 0.5) is 11.4 Å². The Labute approximate surface area is 218 Å². The van der Waals surface area contributed by atoms with E-state index in [2.05, 4.69) is 70.7 Å². The fourth-order valence-electron chi connectivity index (χ4n) is 3.92. The lowest BCUT2D eigenvalue weighted by atomic mass is 10.0. The quantitative estimate of drug-likeness (QED) is 0.171. The molecule has 0 atom stereocenters. The first-order valence-corrected chi connectivity index (χ1v) is 12.5. The van der Waals surface area contributed by atoms with Gasteiger partial charge in [0.1, 0.15) is 0 Å². The molecule has 0 spiro atoms. The highest BCUT2D eigenvalue weighted by Crippen LogP contribution is 2.18. The predicted octanol–water partition coefficient (Wildman–Crippen LogP) is 7.89. The molecule has 0 N–H and O–H groups in total. The van der Waals surface area contributed by atoms with Crippen LogP contribution in [0.25, 0.3) is 0 Å². The van der Waals surface area contributed by atoms with E-state index in [1.165, 1.54) is 30.4 Å². The summed E-state index contributed by atoms with van der Waals surface area (Å²) in [6.07, 6.45) is 9.32. The molecule has 4 aromatic rings. The SMILES string of the molecule is N#Cc1ccc(C=Nc2ccc(CCCCCc3ccc(N=Cc4ccc(C#N)cc4)cc3)cc2)cc1. The van der Waals surface area contributed by atoms with E-state index in [0.29, 0.717) is 11.1 Å². The molecule has 0 unspecified atom stereocenters. The molecule has 0 bridgehead atoms. The average molecular weight is 481 g/mol. The molecule has 37 heavy (non-hydrogen) atoms. The summed E-state index contributed by atoms with van der Waals surface area (Å²) < 4.78 is 0. The second-order valence-electron chi connectivity index (χ2n) is 8.88. The molecule has 0 aliphatic carbocycles. The van der Waals surface area contributed by atoms with Crippen molar-refractivity contribution in [1.82, 2.24) is 0 Å². The summed E-state index contributed by atoms with van der Waals surface area (Å²) in [4.78, 5) is 9.06. The molecule has 4 heteroatoms. The first-order valence-electron chi connectivity index (χ1n) is 12.5. The Morgan fingerprint density at radius 1 is 0.486 bits per heavy atom. The minimum Gasteiger partial charge on any atom is -0.256 e. The summed E-state index contributed by atoms with van der Waals surface area (Å²) in [5.74, 6) is 0. The van der Waals surface area contributed by atoms with Crippen molar-refractivity contribution in [2.75, 3.05) is 0 Å². The van der Waals surface area contributed by atoms with E-state index in [0.717, 1.165) is 35.3 Å². The number of benzene rings is 4. The van der Waals surface area contributed by atoms with Gasteiger partial charge in [-0.2, -0.15) is 10.5 Å². The molecule has 0 radical (unpaired) electrons. The third-order valence-electron chi connectivity index (χ3n) is 6.11. The molecule has 0 saturated heterocycles. The van der Waals surface area contributed by atoms with Crippen LogP contribution in [0.2, 0.25) is 0 Å². The molecule has 0 aliphatic rings. The van der Waals surface area contributed by atoms with Crippen LogP contribution < -0.4 is 0 Å². The van der Waals surface area contributed by atoms with Gasteiger partial charge in [0.2, 0.25) is 0 Å². The van der Waals surface area contributed by atoms with Gasteiger partial charge in [-0.1, -0.05) is 55.0 Å². The number of aliphatic imine (C=N–C) groups is 2. The Hall–Kier alpha value is -4.80. The number of unbranched alkanes of at least 4 members (excludes halogenated alkanes) is 2. The van der Waals surface area contributed by atoms with Gasteiger partial charge in [0, 0.05) is 12.4 Å². The van der Waals surface area contributed by atoms with Crippen LogP contribution in [0.3, 0.4) is 0 Å². The summed E-state index contributed by atoms with van der Waals surface area (Å²) in [6, 6.07) is 35.9. The summed E-state index contributed by atoms with van der Waals surface area (Å²) in [7, 11) is 0. The van der Waals surface area contributed by atoms with Crippen molar-refractivity contribution in [2.24, 2.45) is 9.98 Å². The molecular weight excluding hydrogens is 452 g/mol. The summed E-state index contributed by atoms with van der Waals surface area (Å²) in [5, 5.41) is 17.8. The van der Waals surface area contributed by atoms with Gasteiger partial charge < -0.3 is 0 Å². The van der Waals surface area contributed by atoms with Gasteiger partial charge in [-0.05, 0) is 96.5 Å². The molecule has 4 rings (SSSR count). The van der Waals surface area contributed by atoms with Gasteiger partial charge in [-0.25, -0.2) is 0 Å². The van der Waals surface area contributed by atoms with Crippen LogP contribution >= 0.6 is 0 Å². The Morgan fingerprint density at radius 2 is 0.865 bits per heavy atom. The second kappa shape index (κ2) is 13.3. The van der Waals surface area contributed by atoms with E-state index < -0.39 is 0 Å². The van der Waals surface area contributed by atoms with Crippen molar-refractivity contribution in [1.29, 1.82) is 10.5 Å². The Balaban J connectivity index is 1.16. The molecule has 0 aliphatic heterocycles. The maximum atomic E-state index is 8.88. The van der Waals surface area contributed by atoms with Crippen LogP contribution in [0.1, 0.15) is 52.6 Å². The maximum Gasteiger partial charge on any atom is 0.0991 e. The fraction of sp³-hybridized carbons (Fsp3) is 0.152. The molecule has 4 nitrogen and oxygen atoms in total. The minimum absolute atomic E-state index is 0.654. The standard InChI is InChI=1S/C33H28N4/c34-22-28-6-10-30(11-7-28)24-36-32-18-14-26(15-19-32)4-2-1-3-5-27-16-20-33(21-17-27)37-25-31-12-8-29(23-35)9-13-31/h6-21,24-25H,1-5H2. The minimum atomic E-state index is 0.654. The smallest absolute Gasteiger partial charge is 0.0991 e. The molecule has 0 fully saturated rings. The highest BCUT2D eigenvalue weighted by Gasteiger charge is 1.98. The van der Waals surface area contributed by atoms with Gasteiger partial charge in [0.15, 0.2) is 0 Å². The van der Waals surface area contributed by atoms with Crippen LogP contribution in [0, 0.1) is 22.7 Å². The van der Waals surface area contributed by atoms with Crippen LogP contribution in [-0.2, 0) is 12.8 Å². The van der Waals surface area contributed by atoms with E-state index in [1.54, 1.807) is 24.3 Å². The number of hydrogen-bond acceptors (Lipinski definition) is 4. The first kappa shape index (κ1) is 25.3. The number of rotatable bonds is 10. The van der Waals surface area contributed by atoms with Gasteiger partial charge in [-0.3, -0.25) is 9.98 Å². The second-order valence-corrected chi connectivity index (χ2v) is 8.88. The lowest BCUT2D eigenvalue weighted by molar-refractivity contribution is 0.678. The third kappa shape index (κ3) is 8.13. The number of nitriles is 2. The van der Waals surface area contributed by atoms with E-state index in [9.17, 15) is 0 Å². The zero-order valence-electron chi connectivity index (χ0n) is 20.7. The van der Waals surface area contributed by atoms with Crippen molar-refractivity contribution in [2.45, 2.75) is 32.1 Å². The Kier molecular flexibility index (Phi) is 9.12. The van der Waals surface area contributed by atoms with Crippen LogP contribution in [0.5, 0.6) is 0 Å². The summed E-state index contributed by atoms with van der Waals surface area (Å²) in [5.41, 5.74) is 7.80. The monoisotopic (exact) mass is 480 g/mol. The van der Waals surface area contributed by atoms with Crippen molar-refractivity contribution in [3.63, 3.8) is 0 Å². The van der Waals surface area contributed by atoms with E-state index in [1.807, 2.05) is 36.7 Å². The number of aryl methyl sites for hydroxylation is 2.